The van der Waals surface area contributed by atoms with E-state index in [0.29, 0.717) is 11.9 Å². The number of rotatable bonds is 3. The normalized spacial score (nSPS) is 28.1. The first-order valence-electron chi connectivity index (χ1n) is 7.60. The van der Waals surface area contributed by atoms with Gasteiger partial charge in [0.25, 0.3) is 0 Å². The molecule has 1 aliphatic carbocycles. The van der Waals surface area contributed by atoms with Crippen LogP contribution in [0.1, 0.15) is 64.7 Å². The number of halogens is 1. The molecule has 1 aliphatic heterocycles. The minimum atomic E-state index is -0.00917. The Labute approximate surface area is 120 Å². The van der Waals surface area contributed by atoms with Crippen molar-refractivity contribution in [2.75, 3.05) is 11.9 Å². The van der Waals surface area contributed by atoms with E-state index in [1.807, 2.05) is 0 Å². The van der Waals surface area contributed by atoms with Crippen LogP contribution in [0, 0.1) is 5.41 Å². The van der Waals surface area contributed by atoms with Gasteiger partial charge < -0.3 is 4.90 Å². The number of carbonyl (C=O) groups excluding carboxylic acids is 1. The minimum absolute atomic E-state index is 0.00917. The number of carbonyl (C=O) groups is 1. The fraction of sp³-hybridized carbons (Fsp3) is 0.933. The second kappa shape index (κ2) is 6.40. The zero-order chi connectivity index (χ0) is 13.0. The van der Waals surface area contributed by atoms with Gasteiger partial charge in [0, 0.05) is 23.3 Å². The summed E-state index contributed by atoms with van der Waals surface area (Å²) in [7, 11) is 0. The molecular formula is C15H26BrNO. The van der Waals surface area contributed by atoms with Crippen LogP contribution in [0.3, 0.4) is 0 Å². The molecule has 0 aromatic carbocycles. The molecule has 1 saturated carbocycles. The molecule has 18 heavy (non-hydrogen) atoms. The number of nitrogens with zero attached hydrogens (tertiary/aromatic N) is 1. The Hall–Kier alpha value is -0.0500. The Morgan fingerprint density at radius 1 is 1.22 bits per heavy atom. The van der Waals surface area contributed by atoms with Crippen molar-refractivity contribution in [3.63, 3.8) is 0 Å². The van der Waals surface area contributed by atoms with E-state index in [1.165, 1.54) is 38.5 Å². The zero-order valence-electron chi connectivity index (χ0n) is 11.6. The van der Waals surface area contributed by atoms with Crippen LogP contribution in [-0.4, -0.2) is 28.7 Å². The summed E-state index contributed by atoms with van der Waals surface area (Å²) in [6, 6.07) is 0.434. The molecular weight excluding hydrogens is 290 g/mol. The maximum absolute atomic E-state index is 13.0. The number of hydrogen-bond acceptors (Lipinski definition) is 1. The third-order valence-electron chi connectivity index (χ3n) is 5.01. The average Bonchev–Trinajstić information content (AvgIpc) is 2.77. The lowest BCUT2D eigenvalue weighted by Crippen LogP contribution is -2.48. The summed E-state index contributed by atoms with van der Waals surface area (Å²) >= 11 is 3.61. The lowest BCUT2D eigenvalue weighted by molar-refractivity contribution is -0.144. The van der Waals surface area contributed by atoms with Crippen molar-refractivity contribution in [3.05, 3.63) is 0 Å². The second-order valence-electron chi connectivity index (χ2n) is 6.00. The summed E-state index contributed by atoms with van der Waals surface area (Å²) in [5.41, 5.74) is -0.00917. The van der Waals surface area contributed by atoms with Gasteiger partial charge in [0.15, 0.2) is 0 Å². The molecule has 1 heterocycles. The van der Waals surface area contributed by atoms with Gasteiger partial charge in [0.05, 0.1) is 0 Å². The predicted molar refractivity (Wildman–Crippen MR) is 79.0 cm³/mol. The van der Waals surface area contributed by atoms with Gasteiger partial charge in [0.2, 0.25) is 5.91 Å². The molecule has 0 N–H and O–H groups in total. The van der Waals surface area contributed by atoms with E-state index in [2.05, 4.69) is 27.8 Å². The third kappa shape index (κ3) is 2.76. The summed E-state index contributed by atoms with van der Waals surface area (Å²) in [5.74, 6) is 0.467. The zero-order valence-corrected chi connectivity index (χ0v) is 13.2. The van der Waals surface area contributed by atoms with Crippen LogP contribution in [0.2, 0.25) is 0 Å². The molecule has 1 amide bonds. The van der Waals surface area contributed by atoms with Crippen LogP contribution < -0.4 is 0 Å². The highest BCUT2D eigenvalue weighted by atomic mass is 79.9. The van der Waals surface area contributed by atoms with Crippen molar-refractivity contribution in [3.8, 4) is 0 Å². The van der Waals surface area contributed by atoms with Crippen LogP contribution in [0.25, 0.3) is 0 Å². The van der Waals surface area contributed by atoms with E-state index in [0.717, 1.165) is 31.1 Å². The van der Waals surface area contributed by atoms with Crippen molar-refractivity contribution in [2.24, 2.45) is 5.41 Å². The monoisotopic (exact) mass is 315 g/mol. The quantitative estimate of drug-likeness (QED) is 0.717. The Kier molecular flexibility index (Phi) is 5.11. The van der Waals surface area contributed by atoms with Crippen molar-refractivity contribution >= 4 is 21.8 Å². The van der Waals surface area contributed by atoms with Gasteiger partial charge >= 0.3 is 0 Å². The lowest BCUT2D eigenvalue weighted by atomic mass is 9.81. The standard InChI is InChI=1S/C15H26BrNO/c1-2-15(9-5-6-10-15)14(18)17-11-7-3-4-8-13(17)12-16/h13H,2-12H2,1H3. The van der Waals surface area contributed by atoms with E-state index < -0.39 is 0 Å². The largest absolute Gasteiger partial charge is 0.338 e. The first kappa shape index (κ1) is 14.4. The average molecular weight is 316 g/mol. The van der Waals surface area contributed by atoms with E-state index in [1.54, 1.807) is 0 Å². The Balaban J connectivity index is 2.13. The molecule has 1 atom stereocenters. The molecule has 0 aromatic heterocycles. The smallest absolute Gasteiger partial charge is 0.229 e. The van der Waals surface area contributed by atoms with Gasteiger partial charge in [0.1, 0.15) is 0 Å². The van der Waals surface area contributed by atoms with Crippen LogP contribution in [0.5, 0.6) is 0 Å². The Morgan fingerprint density at radius 3 is 2.56 bits per heavy atom. The van der Waals surface area contributed by atoms with Gasteiger partial charge in [-0.1, -0.05) is 48.5 Å². The summed E-state index contributed by atoms with van der Waals surface area (Å²) in [5, 5.41) is 0.943. The Morgan fingerprint density at radius 2 is 1.94 bits per heavy atom. The molecule has 1 saturated heterocycles. The third-order valence-corrected chi connectivity index (χ3v) is 5.75. The van der Waals surface area contributed by atoms with Crippen molar-refractivity contribution in [1.82, 2.24) is 4.90 Å². The molecule has 2 rings (SSSR count). The van der Waals surface area contributed by atoms with Gasteiger partial charge in [-0.2, -0.15) is 0 Å². The lowest BCUT2D eigenvalue weighted by Gasteiger charge is -2.37. The van der Waals surface area contributed by atoms with Gasteiger partial charge in [-0.15, -0.1) is 0 Å². The first-order chi connectivity index (χ1) is 8.73. The fourth-order valence-electron chi connectivity index (χ4n) is 3.68. The van der Waals surface area contributed by atoms with Crippen LogP contribution in [0.15, 0.2) is 0 Å². The van der Waals surface area contributed by atoms with Crippen molar-refractivity contribution in [1.29, 1.82) is 0 Å². The first-order valence-corrected chi connectivity index (χ1v) is 8.73. The number of hydrogen-bond donors (Lipinski definition) is 0. The second-order valence-corrected chi connectivity index (χ2v) is 6.64. The molecule has 3 heteroatoms. The van der Waals surface area contributed by atoms with Crippen molar-refractivity contribution < 1.29 is 4.79 Å². The molecule has 0 radical (unpaired) electrons. The number of alkyl halides is 1. The predicted octanol–water partition coefficient (Wildman–Crippen LogP) is 4.12. The maximum atomic E-state index is 13.0. The van der Waals surface area contributed by atoms with Crippen LogP contribution >= 0.6 is 15.9 Å². The summed E-state index contributed by atoms with van der Waals surface area (Å²) in [4.78, 5) is 15.2. The Bertz CT molecular complexity index is 286. The van der Waals surface area contributed by atoms with Gasteiger partial charge in [-0.3, -0.25) is 4.79 Å². The SMILES string of the molecule is CCC1(C(=O)N2CCCCCC2CBr)CCCC1. The van der Waals surface area contributed by atoms with E-state index in [4.69, 9.17) is 0 Å². The summed E-state index contributed by atoms with van der Waals surface area (Å²) < 4.78 is 0. The molecule has 0 bridgehead atoms. The van der Waals surface area contributed by atoms with E-state index in [-0.39, 0.29) is 5.41 Å². The fourth-order valence-corrected chi connectivity index (χ4v) is 4.35. The number of likely N-dealkylation sites (tertiary alicyclic amines) is 1. The summed E-state index contributed by atoms with van der Waals surface area (Å²) in [6.45, 7) is 3.18. The highest BCUT2D eigenvalue weighted by Crippen LogP contribution is 2.43. The molecule has 0 spiro atoms. The van der Waals surface area contributed by atoms with Crippen LogP contribution in [-0.2, 0) is 4.79 Å². The molecule has 2 nitrogen and oxygen atoms in total. The highest BCUT2D eigenvalue weighted by molar-refractivity contribution is 9.09. The highest BCUT2D eigenvalue weighted by Gasteiger charge is 2.43. The van der Waals surface area contributed by atoms with Crippen molar-refractivity contribution in [2.45, 2.75) is 70.8 Å². The number of amides is 1. The van der Waals surface area contributed by atoms with E-state index in [9.17, 15) is 4.79 Å². The van der Waals surface area contributed by atoms with E-state index >= 15 is 0 Å². The maximum Gasteiger partial charge on any atom is 0.229 e. The molecule has 2 fully saturated rings. The summed E-state index contributed by atoms with van der Waals surface area (Å²) in [6.07, 6.45) is 10.7. The van der Waals surface area contributed by atoms with Gasteiger partial charge in [-0.25, -0.2) is 0 Å². The molecule has 104 valence electrons. The topological polar surface area (TPSA) is 20.3 Å². The molecule has 0 aromatic rings. The van der Waals surface area contributed by atoms with Gasteiger partial charge in [-0.05, 0) is 32.1 Å². The van der Waals surface area contributed by atoms with Crippen LogP contribution in [0.4, 0.5) is 0 Å². The molecule has 2 aliphatic rings. The minimum Gasteiger partial charge on any atom is -0.338 e. The molecule has 1 unspecified atom stereocenters.